The van der Waals surface area contributed by atoms with Gasteiger partial charge in [-0.1, -0.05) is 0 Å². The van der Waals surface area contributed by atoms with E-state index >= 15 is 0 Å². The number of carbonyl (C=O) groups excluding carboxylic acids is 2. The van der Waals surface area contributed by atoms with Crippen LogP contribution < -0.4 is 11.1 Å². The number of nitrogens with zero attached hydrogens (tertiary/aromatic N) is 2. The quantitative estimate of drug-likeness (QED) is 0.752. The molecule has 0 saturated carbocycles. The van der Waals surface area contributed by atoms with Crippen LogP contribution in [0.2, 0.25) is 0 Å². The standard InChI is InChI=1S/C17H22N4O3S.2ClH/c1-11-14(5-7-24-11)16(23)20-17-19-12(10-25-17)8-15(22)21-6-3-2-4-13(21)9-18;;/h5,7,10,13H,2-4,6,8-9,18H2,1H3,(H,19,20,23);2*1H. The summed E-state index contributed by atoms with van der Waals surface area (Å²) in [5.74, 6) is 0.337. The predicted molar refractivity (Wildman–Crippen MR) is 110 cm³/mol. The zero-order valence-corrected chi connectivity index (χ0v) is 17.4. The number of piperidine rings is 1. The lowest BCUT2D eigenvalue weighted by Gasteiger charge is -2.35. The highest BCUT2D eigenvalue weighted by atomic mass is 35.5. The van der Waals surface area contributed by atoms with E-state index in [1.807, 2.05) is 4.90 Å². The van der Waals surface area contributed by atoms with Crippen LogP contribution >= 0.6 is 36.2 Å². The van der Waals surface area contributed by atoms with Crippen molar-refractivity contribution >= 4 is 53.1 Å². The third-order valence-corrected chi connectivity index (χ3v) is 5.23. The molecule has 1 saturated heterocycles. The molecule has 0 aliphatic carbocycles. The van der Waals surface area contributed by atoms with Gasteiger partial charge in [-0.2, -0.15) is 0 Å². The first-order valence-electron chi connectivity index (χ1n) is 8.38. The minimum atomic E-state index is -0.266. The molecule has 2 aromatic rings. The van der Waals surface area contributed by atoms with E-state index in [1.165, 1.54) is 17.6 Å². The first kappa shape index (κ1) is 23.4. The Morgan fingerprint density at radius 2 is 2.19 bits per heavy atom. The topological polar surface area (TPSA) is 101 Å². The number of rotatable bonds is 5. The lowest BCUT2D eigenvalue weighted by molar-refractivity contribution is -0.133. The van der Waals surface area contributed by atoms with Gasteiger partial charge in [-0.25, -0.2) is 4.98 Å². The molecule has 1 unspecified atom stereocenters. The Balaban J connectivity index is 0.00000182. The van der Waals surface area contributed by atoms with Gasteiger partial charge in [-0.05, 0) is 32.3 Å². The van der Waals surface area contributed by atoms with E-state index in [-0.39, 0.29) is 49.1 Å². The van der Waals surface area contributed by atoms with Crippen LogP contribution in [0, 0.1) is 6.92 Å². The molecular weight excluding hydrogens is 411 g/mol. The van der Waals surface area contributed by atoms with Crippen LogP contribution in [0.4, 0.5) is 5.13 Å². The number of anilines is 1. The van der Waals surface area contributed by atoms with Gasteiger partial charge in [0.25, 0.3) is 5.91 Å². The van der Waals surface area contributed by atoms with Gasteiger partial charge in [0.05, 0.1) is 23.9 Å². The molecule has 27 heavy (non-hydrogen) atoms. The van der Waals surface area contributed by atoms with Crippen LogP contribution in [0.25, 0.3) is 0 Å². The van der Waals surface area contributed by atoms with Gasteiger partial charge < -0.3 is 15.1 Å². The molecule has 3 N–H and O–H groups in total. The maximum Gasteiger partial charge on any atom is 0.260 e. The van der Waals surface area contributed by atoms with Gasteiger partial charge in [0.2, 0.25) is 5.91 Å². The van der Waals surface area contributed by atoms with E-state index in [0.29, 0.717) is 28.7 Å². The van der Waals surface area contributed by atoms with Crippen molar-refractivity contribution in [3.8, 4) is 0 Å². The normalized spacial score (nSPS) is 16.2. The van der Waals surface area contributed by atoms with Crippen molar-refractivity contribution in [3.63, 3.8) is 0 Å². The van der Waals surface area contributed by atoms with Crippen LogP contribution in [-0.2, 0) is 11.2 Å². The molecular formula is C17H24Cl2N4O3S. The number of aromatic nitrogens is 1. The van der Waals surface area contributed by atoms with Crippen LogP contribution in [0.5, 0.6) is 0 Å². The number of furan rings is 1. The molecule has 2 amide bonds. The molecule has 150 valence electrons. The third-order valence-electron chi connectivity index (χ3n) is 4.43. The lowest BCUT2D eigenvalue weighted by atomic mass is 10.0. The largest absolute Gasteiger partial charge is 0.469 e. The number of carbonyl (C=O) groups is 2. The van der Waals surface area contributed by atoms with Crippen LogP contribution in [-0.4, -0.2) is 40.8 Å². The second kappa shape index (κ2) is 10.7. The van der Waals surface area contributed by atoms with E-state index in [9.17, 15) is 9.59 Å². The average Bonchev–Trinajstić information content (AvgIpc) is 3.23. The van der Waals surface area contributed by atoms with Crippen molar-refractivity contribution in [3.05, 3.63) is 34.7 Å². The number of halogens is 2. The summed E-state index contributed by atoms with van der Waals surface area (Å²) in [7, 11) is 0. The average molecular weight is 435 g/mol. The van der Waals surface area contributed by atoms with Crippen molar-refractivity contribution < 1.29 is 14.0 Å². The lowest BCUT2D eigenvalue weighted by Crippen LogP contribution is -2.48. The third kappa shape index (κ3) is 5.68. The highest BCUT2D eigenvalue weighted by Gasteiger charge is 2.26. The van der Waals surface area contributed by atoms with E-state index in [1.54, 1.807) is 18.4 Å². The molecule has 0 spiro atoms. The van der Waals surface area contributed by atoms with E-state index in [0.717, 1.165) is 25.8 Å². The second-order valence-electron chi connectivity index (χ2n) is 6.14. The molecule has 10 heteroatoms. The minimum absolute atomic E-state index is 0. The summed E-state index contributed by atoms with van der Waals surface area (Å²) in [5, 5.41) is 5.02. The number of amides is 2. The summed E-state index contributed by atoms with van der Waals surface area (Å²) in [5.41, 5.74) is 6.92. The zero-order valence-electron chi connectivity index (χ0n) is 15.0. The fourth-order valence-electron chi connectivity index (χ4n) is 3.06. The summed E-state index contributed by atoms with van der Waals surface area (Å²) in [6, 6.07) is 1.74. The molecule has 1 aliphatic heterocycles. The SMILES string of the molecule is Cc1occc1C(=O)Nc1nc(CC(=O)N2CCCCC2CN)cs1.Cl.Cl. The van der Waals surface area contributed by atoms with Crippen LogP contribution in [0.15, 0.2) is 22.1 Å². The molecule has 2 aromatic heterocycles. The first-order chi connectivity index (χ1) is 12.1. The maximum absolute atomic E-state index is 12.5. The Kier molecular flexibility index (Phi) is 9.25. The van der Waals surface area contributed by atoms with Crippen LogP contribution in [0.1, 0.15) is 41.1 Å². The fraction of sp³-hybridized carbons (Fsp3) is 0.471. The molecule has 1 fully saturated rings. The summed E-state index contributed by atoms with van der Waals surface area (Å²) >= 11 is 1.31. The first-order valence-corrected chi connectivity index (χ1v) is 9.26. The molecule has 3 heterocycles. The Labute approximate surface area is 174 Å². The number of likely N-dealkylation sites (tertiary alicyclic amines) is 1. The minimum Gasteiger partial charge on any atom is -0.469 e. The van der Waals surface area contributed by atoms with Crippen molar-refractivity contribution in [1.29, 1.82) is 0 Å². The van der Waals surface area contributed by atoms with Crippen molar-refractivity contribution in [2.45, 2.75) is 38.6 Å². The number of nitrogens with two attached hydrogens (primary N) is 1. The highest BCUT2D eigenvalue weighted by molar-refractivity contribution is 7.14. The summed E-state index contributed by atoms with van der Waals surface area (Å²) in [6.45, 7) is 2.98. The van der Waals surface area contributed by atoms with Crippen molar-refractivity contribution in [1.82, 2.24) is 9.88 Å². The molecule has 1 aliphatic rings. The van der Waals surface area contributed by atoms with Crippen molar-refractivity contribution in [2.75, 3.05) is 18.4 Å². The Bertz CT molecular complexity index is 765. The number of hydrogen-bond acceptors (Lipinski definition) is 6. The predicted octanol–water partition coefficient (Wildman–Crippen LogP) is 3.02. The highest BCUT2D eigenvalue weighted by Crippen LogP contribution is 2.21. The Morgan fingerprint density at radius 3 is 2.85 bits per heavy atom. The Hall–Kier alpha value is -1.61. The molecule has 0 radical (unpaired) electrons. The maximum atomic E-state index is 12.5. The molecule has 7 nitrogen and oxygen atoms in total. The zero-order chi connectivity index (χ0) is 17.8. The van der Waals surface area contributed by atoms with Gasteiger partial charge >= 0.3 is 0 Å². The summed E-state index contributed by atoms with van der Waals surface area (Å²) in [4.78, 5) is 30.9. The van der Waals surface area contributed by atoms with Gasteiger partial charge in [-0.3, -0.25) is 14.9 Å². The van der Waals surface area contributed by atoms with E-state index < -0.39 is 0 Å². The summed E-state index contributed by atoms with van der Waals surface area (Å²) < 4.78 is 5.13. The van der Waals surface area contributed by atoms with Crippen molar-refractivity contribution in [2.24, 2.45) is 5.73 Å². The van der Waals surface area contributed by atoms with E-state index in [4.69, 9.17) is 10.2 Å². The monoisotopic (exact) mass is 434 g/mol. The number of thiazole rings is 1. The number of aryl methyl sites for hydroxylation is 1. The smallest absolute Gasteiger partial charge is 0.260 e. The Morgan fingerprint density at radius 1 is 1.41 bits per heavy atom. The van der Waals surface area contributed by atoms with Gasteiger partial charge in [0.1, 0.15) is 5.76 Å². The molecule has 3 rings (SSSR count). The molecule has 0 aromatic carbocycles. The summed E-state index contributed by atoms with van der Waals surface area (Å²) in [6.07, 6.45) is 4.80. The van der Waals surface area contributed by atoms with Gasteiger partial charge in [0, 0.05) is 24.5 Å². The van der Waals surface area contributed by atoms with Gasteiger partial charge in [-0.15, -0.1) is 36.2 Å². The number of hydrogen-bond donors (Lipinski definition) is 2. The van der Waals surface area contributed by atoms with E-state index in [2.05, 4.69) is 10.3 Å². The fourth-order valence-corrected chi connectivity index (χ4v) is 3.77. The molecule has 1 atom stereocenters. The molecule has 0 bridgehead atoms. The van der Waals surface area contributed by atoms with Gasteiger partial charge in [0.15, 0.2) is 5.13 Å². The number of nitrogens with one attached hydrogen (secondary N) is 1. The van der Waals surface area contributed by atoms with Crippen LogP contribution in [0.3, 0.4) is 0 Å². The second-order valence-corrected chi connectivity index (χ2v) is 7.00.